The van der Waals surface area contributed by atoms with Gasteiger partial charge in [-0.25, -0.2) is 14.6 Å². The minimum atomic E-state index is -1.45. The van der Waals surface area contributed by atoms with E-state index in [1.165, 1.54) is 0 Å². The molecule has 0 saturated carbocycles. The fourth-order valence-electron chi connectivity index (χ4n) is 1.34. The van der Waals surface area contributed by atoms with E-state index in [0.717, 1.165) is 10.7 Å². The highest BCUT2D eigenvalue weighted by atomic mass is 32.1. The molecule has 8 heteroatoms. The fraction of sp³-hybridized carbons (Fsp3) is 0.545. The van der Waals surface area contributed by atoms with Gasteiger partial charge in [-0.3, -0.25) is 0 Å². The molecule has 1 aromatic heterocycles. The summed E-state index contributed by atoms with van der Waals surface area (Å²) in [6, 6.07) is -0.385. The van der Waals surface area contributed by atoms with E-state index >= 15 is 0 Å². The van der Waals surface area contributed by atoms with Gasteiger partial charge in [-0.05, 0) is 6.92 Å². The summed E-state index contributed by atoms with van der Waals surface area (Å²) in [5.41, 5.74) is 0.934. The number of hydrogen-bond acceptors (Lipinski definition) is 5. The summed E-state index contributed by atoms with van der Waals surface area (Å²) in [4.78, 5) is 25.9. The average molecular weight is 287 g/mol. The Kier molecular flexibility index (Phi) is 6.23. The fourth-order valence-corrected chi connectivity index (χ4v) is 1.98. The molecule has 0 saturated heterocycles. The Morgan fingerprint density at radius 2 is 2.11 bits per heavy atom. The highest BCUT2D eigenvalue weighted by molar-refractivity contribution is 7.09. The number of thiazole rings is 1. The number of aliphatic carboxylic acids is 1. The van der Waals surface area contributed by atoms with Crippen molar-refractivity contribution in [1.29, 1.82) is 0 Å². The third kappa shape index (κ3) is 6.16. The van der Waals surface area contributed by atoms with Crippen LogP contribution >= 0.6 is 11.3 Å². The molecular formula is C11H17N3O4S. The Morgan fingerprint density at radius 1 is 1.42 bits per heavy atom. The van der Waals surface area contributed by atoms with Crippen molar-refractivity contribution < 1.29 is 19.8 Å². The summed E-state index contributed by atoms with van der Waals surface area (Å²) in [7, 11) is 0. The van der Waals surface area contributed by atoms with Gasteiger partial charge in [0, 0.05) is 31.3 Å². The van der Waals surface area contributed by atoms with Crippen molar-refractivity contribution in [3.63, 3.8) is 0 Å². The predicted octanol–water partition coefficient (Wildman–Crippen LogP) is 0.129. The SMILES string of the molecule is Cc1nc(CCNC(=O)NCC[C@H](O)C(=O)O)cs1. The van der Waals surface area contributed by atoms with Crippen molar-refractivity contribution in [1.82, 2.24) is 15.6 Å². The lowest BCUT2D eigenvalue weighted by molar-refractivity contribution is -0.146. The zero-order valence-electron chi connectivity index (χ0n) is 10.5. The molecular weight excluding hydrogens is 270 g/mol. The Bertz CT molecular complexity index is 435. The van der Waals surface area contributed by atoms with Crippen LogP contribution in [0.1, 0.15) is 17.1 Å². The van der Waals surface area contributed by atoms with Crippen molar-refractivity contribution in [3.05, 3.63) is 16.1 Å². The normalized spacial score (nSPS) is 11.9. The first kappa shape index (κ1) is 15.4. The second kappa shape index (κ2) is 7.70. The number of aromatic nitrogens is 1. The first-order valence-electron chi connectivity index (χ1n) is 5.82. The number of hydrogen-bond donors (Lipinski definition) is 4. The van der Waals surface area contributed by atoms with Gasteiger partial charge in [0.25, 0.3) is 0 Å². The van der Waals surface area contributed by atoms with E-state index in [9.17, 15) is 9.59 Å². The monoisotopic (exact) mass is 287 g/mol. The molecule has 4 N–H and O–H groups in total. The topological polar surface area (TPSA) is 112 Å². The van der Waals surface area contributed by atoms with Gasteiger partial charge in [-0.1, -0.05) is 0 Å². The lowest BCUT2D eigenvalue weighted by Crippen LogP contribution is -2.38. The second-order valence-electron chi connectivity index (χ2n) is 3.93. The van der Waals surface area contributed by atoms with Crippen LogP contribution in [0, 0.1) is 6.92 Å². The van der Waals surface area contributed by atoms with Crippen LogP contribution in [0.25, 0.3) is 0 Å². The van der Waals surface area contributed by atoms with Crippen LogP contribution in [-0.4, -0.2) is 46.4 Å². The molecule has 0 spiro atoms. The van der Waals surface area contributed by atoms with E-state index in [1.54, 1.807) is 11.3 Å². The quantitative estimate of drug-likeness (QED) is 0.569. The highest BCUT2D eigenvalue weighted by Crippen LogP contribution is 2.07. The second-order valence-corrected chi connectivity index (χ2v) is 5.00. The highest BCUT2D eigenvalue weighted by Gasteiger charge is 2.12. The van der Waals surface area contributed by atoms with Crippen LogP contribution in [0.2, 0.25) is 0 Å². The van der Waals surface area contributed by atoms with Gasteiger partial charge in [-0.15, -0.1) is 11.3 Å². The lowest BCUT2D eigenvalue weighted by atomic mass is 10.2. The first-order valence-corrected chi connectivity index (χ1v) is 6.70. The largest absolute Gasteiger partial charge is 0.479 e. The van der Waals surface area contributed by atoms with Crippen molar-refractivity contribution in [2.45, 2.75) is 25.9 Å². The molecule has 106 valence electrons. The Balaban J connectivity index is 2.10. The number of carboxylic acids is 1. The number of aryl methyl sites for hydroxylation is 1. The van der Waals surface area contributed by atoms with Crippen LogP contribution in [0.5, 0.6) is 0 Å². The third-order valence-corrected chi connectivity index (χ3v) is 3.14. The van der Waals surface area contributed by atoms with Crippen LogP contribution < -0.4 is 10.6 Å². The van der Waals surface area contributed by atoms with Gasteiger partial charge < -0.3 is 20.8 Å². The van der Waals surface area contributed by atoms with Gasteiger partial charge in [0.05, 0.1) is 10.7 Å². The van der Waals surface area contributed by atoms with Gasteiger partial charge >= 0.3 is 12.0 Å². The minimum absolute atomic E-state index is 0.0198. The molecule has 0 fully saturated rings. The number of urea groups is 1. The molecule has 19 heavy (non-hydrogen) atoms. The molecule has 1 rings (SSSR count). The Morgan fingerprint density at radius 3 is 2.68 bits per heavy atom. The number of aliphatic hydroxyl groups excluding tert-OH is 1. The number of carbonyl (C=O) groups excluding carboxylic acids is 1. The van der Waals surface area contributed by atoms with Gasteiger partial charge in [0.1, 0.15) is 0 Å². The van der Waals surface area contributed by atoms with E-state index < -0.39 is 12.1 Å². The molecule has 0 bridgehead atoms. The maximum absolute atomic E-state index is 11.3. The van der Waals surface area contributed by atoms with Crippen molar-refractivity contribution in [2.24, 2.45) is 0 Å². The smallest absolute Gasteiger partial charge is 0.332 e. The Labute approximate surface area is 114 Å². The maximum atomic E-state index is 11.3. The van der Waals surface area contributed by atoms with E-state index in [0.29, 0.717) is 13.0 Å². The minimum Gasteiger partial charge on any atom is -0.479 e. The number of amides is 2. The van der Waals surface area contributed by atoms with Crippen LogP contribution in [0.4, 0.5) is 4.79 Å². The summed E-state index contributed by atoms with van der Waals surface area (Å²) in [6.07, 6.45) is -0.818. The maximum Gasteiger partial charge on any atom is 0.332 e. The summed E-state index contributed by atoms with van der Waals surface area (Å²) in [5, 5.41) is 25.4. The number of nitrogens with one attached hydrogen (secondary N) is 2. The number of nitrogens with zero attached hydrogens (tertiary/aromatic N) is 1. The molecule has 0 radical (unpaired) electrons. The molecule has 1 atom stereocenters. The van der Waals surface area contributed by atoms with Crippen LogP contribution in [0.15, 0.2) is 5.38 Å². The van der Waals surface area contributed by atoms with E-state index in [4.69, 9.17) is 10.2 Å². The molecule has 1 heterocycles. The number of aliphatic hydroxyl groups is 1. The van der Waals surface area contributed by atoms with Crippen LogP contribution in [0.3, 0.4) is 0 Å². The predicted molar refractivity (Wildman–Crippen MR) is 70.2 cm³/mol. The van der Waals surface area contributed by atoms with E-state index in [-0.39, 0.29) is 19.0 Å². The van der Waals surface area contributed by atoms with Gasteiger partial charge in [0.15, 0.2) is 6.10 Å². The average Bonchev–Trinajstić information content (AvgIpc) is 2.74. The Hall–Kier alpha value is -1.67. The number of carboxylic acid groups (broad SMARTS) is 1. The molecule has 0 aliphatic rings. The first-order chi connectivity index (χ1) is 8.99. The van der Waals surface area contributed by atoms with Crippen molar-refractivity contribution >= 4 is 23.3 Å². The standard InChI is InChI=1S/C11H17N3O4S/c1-7-14-8(6-19-7)2-4-12-11(18)13-5-3-9(15)10(16)17/h6,9,15H,2-5H2,1H3,(H,16,17)(H2,12,13,18)/t9-/m0/s1. The summed E-state index contributed by atoms with van der Waals surface area (Å²) in [6.45, 7) is 2.48. The summed E-state index contributed by atoms with van der Waals surface area (Å²) < 4.78 is 0. The molecule has 1 aromatic rings. The summed E-state index contributed by atoms with van der Waals surface area (Å²) >= 11 is 1.56. The third-order valence-electron chi connectivity index (χ3n) is 2.32. The molecule has 0 aliphatic heterocycles. The molecule has 0 aromatic carbocycles. The zero-order valence-corrected chi connectivity index (χ0v) is 11.4. The number of rotatable bonds is 7. The number of carbonyl (C=O) groups is 2. The van der Waals surface area contributed by atoms with Crippen molar-refractivity contribution in [2.75, 3.05) is 13.1 Å². The molecule has 2 amide bonds. The lowest BCUT2D eigenvalue weighted by Gasteiger charge is -2.08. The van der Waals surface area contributed by atoms with Gasteiger partial charge in [-0.2, -0.15) is 0 Å². The van der Waals surface area contributed by atoms with E-state index in [1.807, 2.05) is 12.3 Å². The summed E-state index contributed by atoms with van der Waals surface area (Å²) in [5.74, 6) is -1.29. The molecule has 7 nitrogen and oxygen atoms in total. The van der Waals surface area contributed by atoms with E-state index in [2.05, 4.69) is 15.6 Å². The van der Waals surface area contributed by atoms with Gasteiger partial charge in [0.2, 0.25) is 0 Å². The zero-order chi connectivity index (χ0) is 14.3. The van der Waals surface area contributed by atoms with Crippen molar-refractivity contribution in [3.8, 4) is 0 Å². The molecule has 0 aliphatic carbocycles. The van der Waals surface area contributed by atoms with Crippen LogP contribution in [-0.2, 0) is 11.2 Å². The molecule has 0 unspecified atom stereocenters.